The van der Waals surface area contributed by atoms with Gasteiger partial charge in [-0.05, 0) is 25.0 Å². The largest absolute Gasteiger partial charge is 0.496 e. The Balaban J connectivity index is 2.84. The summed E-state index contributed by atoms with van der Waals surface area (Å²) in [7, 11) is -1.52. The second-order valence-corrected chi connectivity index (χ2v) is 6.62. The monoisotopic (exact) mass is 257 g/mol. The molecule has 0 fully saturated rings. The van der Waals surface area contributed by atoms with E-state index in [2.05, 4.69) is 0 Å². The molecule has 0 bridgehead atoms. The molecular weight excluding hydrogens is 238 g/mol. The SMILES string of the molecule is COc1ccccc1CC(N)C(C)S(C)(=O)=O. The van der Waals surface area contributed by atoms with Gasteiger partial charge in [-0.15, -0.1) is 0 Å². The third-order valence-corrected chi connectivity index (χ3v) is 4.63. The molecule has 2 N–H and O–H groups in total. The van der Waals surface area contributed by atoms with E-state index >= 15 is 0 Å². The highest BCUT2D eigenvalue weighted by molar-refractivity contribution is 7.91. The predicted octanol–water partition coefficient (Wildman–Crippen LogP) is 0.998. The number of hydrogen-bond donors (Lipinski definition) is 1. The Bertz CT molecular complexity index is 470. The molecule has 0 heterocycles. The Hall–Kier alpha value is -1.07. The Morgan fingerprint density at radius 3 is 2.47 bits per heavy atom. The van der Waals surface area contributed by atoms with Crippen LogP contribution in [0.5, 0.6) is 5.75 Å². The molecule has 0 aliphatic carbocycles. The van der Waals surface area contributed by atoms with E-state index in [0.29, 0.717) is 6.42 Å². The molecule has 1 rings (SSSR count). The topological polar surface area (TPSA) is 69.4 Å². The van der Waals surface area contributed by atoms with Crippen molar-refractivity contribution in [3.8, 4) is 5.75 Å². The first kappa shape index (κ1) is 14.0. The second-order valence-electron chi connectivity index (χ2n) is 4.21. The standard InChI is InChI=1S/C12H19NO3S/c1-9(17(3,14)15)11(13)8-10-6-4-5-7-12(10)16-2/h4-7,9,11H,8,13H2,1-3H3. The van der Waals surface area contributed by atoms with Crippen LogP contribution in [0.3, 0.4) is 0 Å². The molecule has 2 atom stereocenters. The van der Waals surface area contributed by atoms with Gasteiger partial charge in [0.15, 0.2) is 9.84 Å². The Morgan fingerprint density at radius 1 is 1.35 bits per heavy atom. The molecule has 1 aromatic rings. The lowest BCUT2D eigenvalue weighted by atomic mass is 10.0. The van der Waals surface area contributed by atoms with Crippen LogP contribution in [0.2, 0.25) is 0 Å². The van der Waals surface area contributed by atoms with Crippen LogP contribution in [0.15, 0.2) is 24.3 Å². The molecule has 0 radical (unpaired) electrons. The van der Waals surface area contributed by atoms with Gasteiger partial charge in [-0.25, -0.2) is 8.42 Å². The van der Waals surface area contributed by atoms with Crippen LogP contribution in [0.1, 0.15) is 12.5 Å². The van der Waals surface area contributed by atoms with Gasteiger partial charge in [0.25, 0.3) is 0 Å². The zero-order chi connectivity index (χ0) is 13.1. The van der Waals surface area contributed by atoms with E-state index in [-0.39, 0.29) is 0 Å². The highest BCUT2D eigenvalue weighted by atomic mass is 32.2. The molecular formula is C12H19NO3S. The fraction of sp³-hybridized carbons (Fsp3) is 0.500. The first-order valence-corrected chi connectivity index (χ1v) is 7.38. The fourth-order valence-corrected chi connectivity index (χ4v) is 2.34. The summed E-state index contributed by atoms with van der Waals surface area (Å²) in [5.74, 6) is 0.739. The summed E-state index contributed by atoms with van der Waals surface area (Å²) in [4.78, 5) is 0. The van der Waals surface area contributed by atoms with Crippen molar-refractivity contribution in [2.75, 3.05) is 13.4 Å². The zero-order valence-corrected chi connectivity index (χ0v) is 11.2. The Morgan fingerprint density at radius 2 is 1.94 bits per heavy atom. The number of benzene rings is 1. The molecule has 0 aliphatic heterocycles. The maximum atomic E-state index is 11.4. The van der Waals surface area contributed by atoms with Gasteiger partial charge in [-0.3, -0.25) is 0 Å². The van der Waals surface area contributed by atoms with Gasteiger partial charge >= 0.3 is 0 Å². The molecule has 0 saturated heterocycles. The summed E-state index contributed by atoms with van der Waals surface area (Å²) in [5, 5.41) is -0.563. The summed E-state index contributed by atoms with van der Waals surface area (Å²) in [6, 6.07) is 7.06. The van der Waals surface area contributed by atoms with Crippen molar-refractivity contribution in [2.24, 2.45) is 5.73 Å². The van der Waals surface area contributed by atoms with Crippen LogP contribution < -0.4 is 10.5 Å². The third kappa shape index (κ3) is 3.71. The number of methoxy groups -OCH3 is 1. The van der Waals surface area contributed by atoms with Crippen molar-refractivity contribution in [1.82, 2.24) is 0 Å². The predicted molar refractivity (Wildman–Crippen MR) is 69.0 cm³/mol. The normalized spacial score (nSPS) is 15.3. The number of para-hydroxylation sites is 1. The molecule has 0 amide bonds. The highest BCUT2D eigenvalue weighted by Gasteiger charge is 2.23. The minimum absolute atomic E-state index is 0.429. The molecule has 0 aliphatic rings. The van der Waals surface area contributed by atoms with E-state index in [0.717, 1.165) is 11.3 Å². The van der Waals surface area contributed by atoms with E-state index in [4.69, 9.17) is 10.5 Å². The second kappa shape index (κ2) is 5.51. The van der Waals surface area contributed by atoms with Crippen molar-refractivity contribution in [3.05, 3.63) is 29.8 Å². The van der Waals surface area contributed by atoms with Gasteiger partial charge in [-0.2, -0.15) is 0 Å². The lowest BCUT2D eigenvalue weighted by Gasteiger charge is -2.19. The molecule has 1 aromatic carbocycles. The summed E-state index contributed by atoms with van der Waals surface area (Å²) in [6.07, 6.45) is 1.69. The number of rotatable bonds is 5. The van der Waals surface area contributed by atoms with Crippen LogP contribution in [-0.2, 0) is 16.3 Å². The van der Waals surface area contributed by atoms with Gasteiger partial charge in [0, 0.05) is 12.3 Å². The zero-order valence-electron chi connectivity index (χ0n) is 10.4. The maximum Gasteiger partial charge on any atom is 0.151 e. The Labute approximate surface area is 103 Å². The van der Waals surface area contributed by atoms with Gasteiger partial charge in [0.05, 0.1) is 12.4 Å². The molecule has 0 saturated carbocycles. The number of sulfone groups is 1. The van der Waals surface area contributed by atoms with Crippen molar-refractivity contribution >= 4 is 9.84 Å². The highest BCUT2D eigenvalue weighted by Crippen LogP contribution is 2.20. The fourth-order valence-electron chi connectivity index (χ4n) is 1.61. The molecule has 4 nitrogen and oxygen atoms in total. The molecule has 0 aromatic heterocycles. The van der Waals surface area contributed by atoms with Crippen molar-refractivity contribution in [1.29, 1.82) is 0 Å². The van der Waals surface area contributed by atoms with E-state index in [9.17, 15) is 8.42 Å². The van der Waals surface area contributed by atoms with Gasteiger partial charge in [0.1, 0.15) is 5.75 Å². The lowest BCUT2D eigenvalue weighted by Crippen LogP contribution is -2.39. The average Bonchev–Trinajstić information content (AvgIpc) is 2.27. The van der Waals surface area contributed by atoms with Crippen molar-refractivity contribution in [2.45, 2.75) is 24.6 Å². The average molecular weight is 257 g/mol. The number of ether oxygens (including phenoxy) is 1. The first-order chi connectivity index (χ1) is 7.86. The Kier molecular flexibility index (Phi) is 4.54. The van der Waals surface area contributed by atoms with E-state index in [1.165, 1.54) is 6.26 Å². The van der Waals surface area contributed by atoms with Crippen LogP contribution in [0, 0.1) is 0 Å². The van der Waals surface area contributed by atoms with Gasteiger partial charge < -0.3 is 10.5 Å². The first-order valence-electron chi connectivity index (χ1n) is 5.42. The number of nitrogens with two attached hydrogens (primary N) is 1. The van der Waals surface area contributed by atoms with Gasteiger partial charge in [0.2, 0.25) is 0 Å². The van der Waals surface area contributed by atoms with Gasteiger partial charge in [-0.1, -0.05) is 18.2 Å². The van der Waals surface area contributed by atoms with E-state index in [1.807, 2.05) is 24.3 Å². The molecule has 2 unspecified atom stereocenters. The lowest BCUT2D eigenvalue weighted by molar-refractivity contribution is 0.407. The molecule has 5 heteroatoms. The quantitative estimate of drug-likeness (QED) is 0.854. The van der Waals surface area contributed by atoms with E-state index < -0.39 is 21.1 Å². The van der Waals surface area contributed by atoms with Crippen LogP contribution in [-0.4, -0.2) is 33.1 Å². The third-order valence-electron chi connectivity index (χ3n) is 2.93. The van der Waals surface area contributed by atoms with Crippen LogP contribution in [0.4, 0.5) is 0 Å². The summed E-state index contributed by atoms with van der Waals surface area (Å²) >= 11 is 0. The van der Waals surface area contributed by atoms with Crippen LogP contribution in [0.25, 0.3) is 0 Å². The minimum Gasteiger partial charge on any atom is -0.496 e. The molecule has 0 spiro atoms. The minimum atomic E-state index is -3.11. The number of hydrogen-bond acceptors (Lipinski definition) is 4. The van der Waals surface area contributed by atoms with Crippen molar-refractivity contribution in [3.63, 3.8) is 0 Å². The molecule has 96 valence electrons. The van der Waals surface area contributed by atoms with E-state index in [1.54, 1.807) is 14.0 Å². The molecule has 17 heavy (non-hydrogen) atoms. The van der Waals surface area contributed by atoms with Crippen LogP contribution >= 0.6 is 0 Å². The summed E-state index contributed by atoms with van der Waals surface area (Å²) in [5.41, 5.74) is 6.85. The van der Waals surface area contributed by atoms with Crippen molar-refractivity contribution < 1.29 is 13.2 Å². The maximum absolute atomic E-state index is 11.4. The smallest absolute Gasteiger partial charge is 0.151 e. The summed E-state index contributed by atoms with van der Waals surface area (Å²) in [6.45, 7) is 1.63. The summed E-state index contributed by atoms with van der Waals surface area (Å²) < 4.78 is 28.0.